The average molecular weight is 295 g/mol. The van der Waals surface area contributed by atoms with E-state index in [-0.39, 0.29) is 5.92 Å². The fraction of sp³-hybridized carbons (Fsp3) is 0.286. The summed E-state index contributed by atoms with van der Waals surface area (Å²) < 4.78 is 6.65. The maximum absolute atomic E-state index is 9.88. The minimum Gasteiger partial charge on any atom is -0.508 e. The summed E-state index contributed by atoms with van der Waals surface area (Å²) in [7, 11) is 0. The van der Waals surface area contributed by atoms with Crippen molar-refractivity contribution in [2.24, 2.45) is 0 Å². The van der Waals surface area contributed by atoms with Gasteiger partial charge in [-0.15, -0.1) is 0 Å². The third-order valence-electron chi connectivity index (χ3n) is 3.07. The minimum atomic E-state index is 0.0416. The Morgan fingerprint density at radius 3 is 2.53 bits per heavy atom. The van der Waals surface area contributed by atoms with Gasteiger partial charge in [0, 0.05) is 16.0 Å². The summed E-state index contributed by atoms with van der Waals surface area (Å²) in [5.74, 6) is 2.15. The Bertz CT molecular complexity index is 524. The van der Waals surface area contributed by atoms with Crippen LogP contribution in [-0.2, 0) is 0 Å². The Hall–Kier alpha value is -1.22. The molecule has 0 radical (unpaired) electrons. The zero-order chi connectivity index (χ0) is 12.6. The molecule has 1 aromatic heterocycles. The van der Waals surface area contributed by atoms with Crippen LogP contribution in [0.15, 0.2) is 33.2 Å². The molecule has 0 aliphatic heterocycles. The normalized spacial score (nSPS) is 12.7. The molecule has 1 heterocycles. The van der Waals surface area contributed by atoms with Crippen LogP contribution in [0.5, 0.6) is 5.75 Å². The van der Waals surface area contributed by atoms with Gasteiger partial charge in [0.1, 0.15) is 17.3 Å². The molecule has 1 aromatic carbocycles. The summed E-state index contributed by atoms with van der Waals surface area (Å²) >= 11 is 3.42. The molecule has 17 heavy (non-hydrogen) atoms. The number of halogens is 1. The van der Waals surface area contributed by atoms with E-state index in [0.717, 1.165) is 27.1 Å². The molecule has 2 aromatic rings. The van der Waals surface area contributed by atoms with E-state index in [0.29, 0.717) is 5.75 Å². The molecule has 0 saturated heterocycles. The van der Waals surface area contributed by atoms with Crippen molar-refractivity contribution < 1.29 is 9.52 Å². The van der Waals surface area contributed by atoms with Gasteiger partial charge in [0.2, 0.25) is 0 Å². The van der Waals surface area contributed by atoms with Gasteiger partial charge in [-0.25, -0.2) is 0 Å². The second-order valence-corrected chi connectivity index (χ2v) is 5.23. The fourth-order valence-electron chi connectivity index (χ4n) is 1.84. The monoisotopic (exact) mass is 294 g/mol. The number of aromatic hydroxyl groups is 1. The first-order valence-corrected chi connectivity index (χ1v) is 6.33. The highest BCUT2D eigenvalue weighted by molar-refractivity contribution is 9.10. The van der Waals surface area contributed by atoms with Gasteiger partial charge in [0.05, 0.1) is 0 Å². The number of hydrogen-bond acceptors (Lipinski definition) is 2. The van der Waals surface area contributed by atoms with Crippen molar-refractivity contribution in [3.63, 3.8) is 0 Å². The van der Waals surface area contributed by atoms with E-state index >= 15 is 0 Å². The van der Waals surface area contributed by atoms with Crippen LogP contribution in [0, 0.1) is 13.8 Å². The predicted molar refractivity (Wildman–Crippen MR) is 71.5 cm³/mol. The van der Waals surface area contributed by atoms with Gasteiger partial charge >= 0.3 is 0 Å². The molecule has 0 fully saturated rings. The SMILES string of the molecule is Cc1cc([C@H](C)c2cc(Br)ccc2O)oc1C. The highest BCUT2D eigenvalue weighted by Gasteiger charge is 2.17. The van der Waals surface area contributed by atoms with Crippen molar-refractivity contribution in [3.05, 3.63) is 51.4 Å². The van der Waals surface area contributed by atoms with E-state index in [1.54, 1.807) is 6.07 Å². The number of aryl methyl sites for hydroxylation is 2. The second-order valence-electron chi connectivity index (χ2n) is 4.31. The number of hydrogen-bond donors (Lipinski definition) is 1. The van der Waals surface area contributed by atoms with E-state index in [2.05, 4.69) is 15.9 Å². The molecule has 3 heteroatoms. The zero-order valence-corrected chi connectivity index (χ0v) is 11.7. The molecule has 0 bridgehead atoms. The van der Waals surface area contributed by atoms with Crippen LogP contribution < -0.4 is 0 Å². The van der Waals surface area contributed by atoms with Gasteiger partial charge in [0.15, 0.2) is 0 Å². The number of benzene rings is 1. The lowest BCUT2D eigenvalue weighted by Crippen LogP contribution is -1.94. The third kappa shape index (κ3) is 2.39. The van der Waals surface area contributed by atoms with Gasteiger partial charge in [-0.3, -0.25) is 0 Å². The standard InChI is InChI=1S/C14H15BrO2/c1-8-6-14(17-10(8)3)9(2)12-7-11(15)4-5-13(12)16/h4-7,9,16H,1-3H3/t9-/m1/s1. The van der Waals surface area contributed by atoms with Crippen molar-refractivity contribution in [2.75, 3.05) is 0 Å². The van der Waals surface area contributed by atoms with Gasteiger partial charge < -0.3 is 9.52 Å². The topological polar surface area (TPSA) is 33.4 Å². The van der Waals surface area contributed by atoms with E-state index in [4.69, 9.17) is 4.42 Å². The Labute approximate surface area is 109 Å². The Morgan fingerprint density at radius 1 is 1.24 bits per heavy atom. The molecule has 1 N–H and O–H groups in total. The van der Waals surface area contributed by atoms with Crippen molar-refractivity contribution in [2.45, 2.75) is 26.7 Å². The van der Waals surface area contributed by atoms with Crippen LogP contribution in [0.3, 0.4) is 0 Å². The Kier molecular flexibility index (Phi) is 3.29. The number of rotatable bonds is 2. The average Bonchev–Trinajstić information content (AvgIpc) is 2.62. The van der Waals surface area contributed by atoms with Crippen LogP contribution in [0.1, 0.15) is 35.5 Å². The Morgan fingerprint density at radius 2 is 1.94 bits per heavy atom. The van der Waals surface area contributed by atoms with Gasteiger partial charge in [-0.05, 0) is 43.7 Å². The molecule has 0 saturated carbocycles. The summed E-state index contributed by atoms with van der Waals surface area (Å²) in [5, 5.41) is 9.88. The van der Waals surface area contributed by atoms with Crippen molar-refractivity contribution in [3.8, 4) is 5.75 Å². The first-order valence-electron chi connectivity index (χ1n) is 5.54. The molecule has 90 valence electrons. The van der Waals surface area contributed by atoms with Crippen molar-refractivity contribution in [1.82, 2.24) is 0 Å². The van der Waals surface area contributed by atoms with E-state index in [1.165, 1.54) is 0 Å². The highest BCUT2D eigenvalue weighted by Crippen LogP contribution is 2.34. The first kappa shape index (κ1) is 12.2. The third-order valence-corrected chi connectivity index (χ3v) is 3.56. The number of phenols is 1. The van der Waals surface area contributed by atoms with E-state index < -0.39 is 0 Å². The molecule has 2 nitrogen and oxygen atoms in total. The quantitative estimate of drug-likeness (QED) is 0.884. The maximum atomic E-state index is 9.88. The molecular formula is C14H15BrO2. The van der Waals surface area contributed by atoms with E-state index in [9.17, 15) is 5.11 Å². The van der Waals surface area contributed by atoms with Crippen LogP contribution >= 0.6 is 15.9 Å². The fourth-order valence-corrected chi connectivity index (χ4v) is 2.22. The van der Waals surface area contributed by atoms with Crippen LogP contribution in [0.4, 0.5) is 0 Å². The van der Waals surface area contributed by atoms with Gasteiger partial charge in [-0.2, -0.15) is 0 Å². The molecule has 0 aliphatic rings. The molecule has 2 rings (SSSR count). The van der Waals surface area contributed by atoms with Crippen LogP contribution in [0.25, 0.3) is 0 Å². The smallest absolute Gasteiger partial charge is 0.119 e. The van der Waals surface area contributed by atoms with E-state index in [1.807, 2.05) is 39.0 Å². The first-order chi connectivity index (χ1) is 7.99. The maximum Gasteiger partial charge on any atom is 0.119 e. The zero-order valence-electron chi connectivity index (χ0n) is 10.1. The summed E-state index contributed by atoms with van der Waals surface area (Å²) in [6.07, 6.45) is 0. The van der Waals surface area contributed by atoms with Crippen LogP contribution in [-0.4, -0.2) is 5.11 Å². The lowest BCUT2D eigenvalue weighted by Gasteiger charge is -2.11. The molecule has 0 spiro atoms. The molecule has 1 atom stereocenters. The lowest BCUT2D eigenvalue weighted by molar-refractivity contribution is 0.444. The van der Waals surface area contributed by atoms with Crippen molar-refractivity contribution >= 4 is 15.9 Å². The summed E-state index contributed by atoms with van der Waals surface area (Å²) in [6.45, 7) is 6.00. The molecule has 0 aliphatic carbocycles. The Balaban J connectivity index is 2.42. The largest absolute Gasteiger partial charge is 0.508 e. The number of furan rings is 1. The second kappa shape index (κ2) is 4.57. The summed E-state index contributed by atoms with van der Waals surface area (Å²) in [6, 6.07) is 7.47. The number of phenolic OH excluding ortho intramolecular Hbond substituents is 1. The van der Waals surface area contributed by atoms with Gasteiger partial charge in [0.25, 0.3) is 0 Å². The molecular weight excluding hydrogens is 280 g/mol. The highest BCUT2D eigenvalue weighted by atomic mass is 79.9. The van der Waals surface area contributed by atoms with Gasteiger partial charge in [-0.1, -0.05) is 22.9 Å². The summed E-state index contributed by atoms with van der Waals surface area (Å²) in [4.78, 5) is 0. The molecule has 0 unspecified atom stereocenters. The molecule has 0 amide bonds. The minimum absolute atomic E-state index is 0.0416. The van der Waals surface area contributed by atoms with Crippen LogP contribution in [0.2, 0.25) is 0 Å². The summed E-state index contributed by atoms with van der Waals surface area (Å²) in [5.41, 5.74) is 2.01. The lowest BCUT2D eigenvalue weighted by atomic mass is 9.97. The predicted octanol–water partition coefficient (Wildman–Crippen LogP) is 4.52. The van der Waals surface area contributed by atoms with Crippen molar-refractivity contribution in [1.29, 1.82) is 0 Å².